The van der Waals surface area contributed by atoms with E-state index < -0.39 is 0 Å². The molecule has 270 valence electrons. The second-order valence-corrected chi connectivity index (χ2v) is 15.2. The van der Waals surface area contributed by atoms with Gasteiger partial charge < -0.3 is 17.8 Å². The van der Waals surface area contributed by atoms with Crippen LogP contribution < -0.4 is 0 Å². The number of furan rings is 3. The molecule has 0 aliphatic rings. The molecular weight excluding hydrogens is 711 g/mol. The third-order valence-electron chi connectivity index (χ3n) is 12.0. The molecule has 4 nitrogen and oxygen atoms in total. The highest BCUT2D eigenvalue weighted by Gasteiger charge is 2.27. The predicted octanol–water partition coefficient (Wildman–Crippen LogP) is 15.5. The molecule has 0 unspecified atom stereocenters. The van der Waals surface area contributed by atoms with E-state index in [0.29, 0.717) is 0 Å². The molecule has 13 rings (SSSR count). The van der Waals surface area contributed by atoms with E-state index in [2.05, 4.69) is 174 Å². The van der Waals surface area contributed by atoms with Gasteiger partial charge in [-0.2, -0.15) is 0 Å². The summed E-state index contributed by atoms with van der Waals surface area (Å²) in [5, 5.41) is 8.72. The summed E-state index contributed by atoms with van der Waals surface area (Å²) in [4.78, 5) is 0. The first-order chi connectivity index (χ1) is 28.8. The first-order valence-electron chi connectivity index (χ1n) is 19.7. The van der Waals surface area contributed by atoms with Gasteiger partial charge in [0.15, 0.2) is 0 Å². The summed E-state index contributed by atoms with van der Waals surface area (Å²) < 4.78 is 22.6. The molecule has 4 heteroatoms. The lowest BCUT2D eigenvalue weighted by Gasteiger charge is -2.14. The van der Waals surface area contributed by atoms with E-state index in [4.69, 9.17) is 13.3 Å². The maximum absolute atomic E-state index is 6.83. The van der Waals surface area contributed by atoms with Gasteiger partial charge in [0, 0.05) is 54.5 Å². The molecule has 4 heterocycles. The maximum atomic E-state index is 6.83. The molecule has 9 aromatic carbocycles. The lowest BCUT2D eigenvalue weighted by atomic mass is 9.88. The highest BCUT2D eigenvalue weighted by Crippen LogP contribution is 2.51. The number of benzene rings is 9. The van der Waals surface area contributed by atoms with Gasteiger partial charge in [-0.25, -0.2) is 0 Å². The van der Waals surface area contributed by atoms with Gasteiger partial charge in [0.1, 0.15) is 33.5 Å². The predicted molar refractivity (Wildman–Crippen MR) is 239 cm³/mol. The number of aromatic nitrogens is 1. The summed E-state index contributed by atoms with van der Waals surface area (Å²) in [5.41, 5.74) is 15.1. The smallest absolute Gasteiger partial charge is 0.147 e. The van der Waals surface area contributed by atoms with Gasteiger partial charge in [-0.3, -0.25) is 0 Å². The number of fused-ring (bicyclic) bond motifs is 13. The maximum Gasteiger partial charge on any atom is 0.147 e. The molecule has 0 N–H and O–H groups in total. The molecule has 13 aromatic rings. The van der Waals surface area contributed by atoms with Gasteiger partial charge in [-0.15, -0.1) is 0 Å². The largest absolute Gasteiger partial charge is 0.456 e. The summed E-state index contributed by atoms with van der Waals surface area (Å²) in [6, 6.07) is 66.5. The third-order valence-corrected chi connectivity index (χ3v) is 12.0. The Balaban J connectivity index is 1.09. The van der Waals surface area contributed by atoms with E-state index in [9.17, 15) is 0 Å². The monoisotopic (exact) mass is 741 g/mol. The zero-order valence-corrected chi connectivity index (χ0v) is 31.1. The number of para-hydroxylation sites is 3. The van der Waals surface area contributed by atoms with Crippen molar-refractivity contribution < 1.29 is 13.3 Å². The first kappa shape index (κ1) is 31.4. The van der Waals surface area contributed by atoms with Gasteiger partial charge in [-0.1, -0.05) is 127 Å². The minimum atomic E-state index is 0.815. The van der Waals surface area contributed by atoms with Crippen molar-refractivity contribution >= 4 is 87.6 Å². The second kappa shape index (κ2) is 11.8. The van der Waals surface area contributed by atoms with Gasteiger partial charge in [0.2, 0.25) is 0 Å². The van der Waals surface area contributed by atoms with Gasteiger partial charge >= 0.3 is 0 Å². The Hall–Kier alpha value is -7.82. The van der Waals surface area contributed by atoms with Crippen molar-refractivity contribution in [2.75, 3.05) is 0 Å². The van der Waals surface area contributed by atoms with Gasteiger partial charge in [-0.05, 0) is 82.9 Å². The molecule has 0 saturated heterocycles. The van der Waals surface area contributed by atoms with E-state index in [-0.39, 0.29) is 0 Å². The van der Waals surface area contributed by atoms with Crippen LogP contribution in [0.2, 0.25) is 0 Å². The number of nitrogens with zero attached hydrogens (tertiary/aromatic N) is 1. The first-order valence-corrected chi connectivity index (χ1v) is 19.7. The van der Waals surface area contributed by atoms with Crippen LogP contribution in [0, 0.1) is 0 Å². The fraction of sp³-hybridized carbons (Fsp3) is 0. The van der Waals surface area contributed by atoms with Crippen molar-refractivity contribution in [3.63, 3.8) is 0 Å². The van der Waals surface area contributed by atoms with Gasteiger partial charge in [0.05, 0.1) is 16.4 Å². The molecule has 0 fully saturated rings. The molecule has 0 bridgehead atoms. The van der Waals surface area contributed by atoms with E-state index in [0.717, 1.165) is 105 Å². The fourth-order valence-corrected chi connectivity index (χ4v) is 9.45. The van der Waals surface area contributed by atoms with Crippen molar-refractivity contribution in [2.24, 2.45) is 0 Å². The zero-order valence-electron chi connectivity index (χ0n) is 31.1. The molecule has 58 heavy (non-hydrogen) atoms. The van der Waals surface area contributed by atoms with Crippen LogP contribution in [-0.4, -0.2) is 4.57 Å². The fourth-order valence-electron chi connectivity index (χ4n) is 9.45. The number of hydrogen-bond donors (Lipinski definition) is 0. The highest BCUT2D eigenvalue weighted by atomic mass is 16.3. The Labute approximate surface area is 331 Å². The topological polar surface area (TPSA) is 44.4 Å². The normalized spacial score (nSPS) is 12.1. The van der Waals surface area contributed by atoms with Crippen LogP contribution in [0.1, 0.15) is 0 Å². The standard InChI is InChI=1S/C54H31NO3/c1-3-13-32(14-4-1)34-23-26-44-40(29-34)37-17-7-10-20-43(37)55(44)36-25-28-48-42(31-36)41-30-35(24-27-47(41)56-48)49-50(33-15-5-2-6-16-33)53-52(39-19-9-12-22-46(39)57-53)54-51(49)38-18-8-11-21-45(38)58-54/h1-31H. The molecular formula is C54H31NO3. The highest BCUT2D eigenvalue weighted by molar-refractivity contribution is 6.31. The minimum absolute atomic E-state index is 0.815. The third kappa shape index (κ3) is 4.40. The Kier molecular flexibility index (Phi) is 6.41. The van der Waals surface area contributed by atoms with E-state index in [1.165, 1.54) is 21.9 Å². The SMILES string of the molecule is c1ccc(-c2ccc3c(c2)c2ccccc2n3-c2ccc3oc4ccc(-c5c(-c6ccccc6)c6oc7ccccc7c6c6oc7ccccc7c56)cc4c3c2)cc1. The molecule has 0 radical (unpaired) electrons. The molecule has 0 aliphatic heterocycles. The lowest BCUT2D eigenvalue weighted by molar-refractivity contribution is 0.663. The minimum Gasteiger partial charge on any atom is -0.456 e. The summed E-state index contributed by atoms with van der Waals surface area (Å²) in [6.45, 7) is 0. The van der Waals surface area contributed by atoms with Gasteiger partial charge in [0.25, 0.3) is 0 Å². The van der Waals surface area contributed by atoms with Crippen molar-refractivity contribution in [3.05, 3.63) is 188 Å². The molecule has 0 spiro atoms. The zero-order chi connectivity index (χ0) is 37.9. The van der Waals surface area contributed by atoms with Crippen LogP contribution in [0.4, 0.5) is 0 Å². The van der Waals surface area contributed by atoms with Crippen LogP contribution >= 0.6 is 0 Å². The average molecular weight is 742 g/mol. The van der Waals surface area contributed by atoms with Crippen LogP contribution in [0.15, 0.2) is 201 Å². The van der Waals surface area contributed by atoms with Crippen molar-refractivity contribution in [3.8, 4) is 39.1 Å². The summed E-state index contributed by atoms with van der Waals surface area (Å²) in [5.74, 6) is 0. The molecule has 4 aromatic heterocycles. The van der Waals surface area contributed by atoms with E-state index in [1.807, 2.05) is 18.2 Å². The van der Waals surface area contributed by atoms with Crippen molar-refractivity contribution in [1.29, 1.82) is 0 Å². The van der Waals surface area contributed by atoms with Crippen LogP contribution in [0.5, 0.6) is 0 Å². The quantitative estimate of drug-likeness (QED) is 0.180. The van der Waals surface area contributed by atoms with E-state index in [1.54, 1.807) is 0 Å². The summed E-state index contributed by atoms with van der Waals surface area (Å²) in [7, 11) is 0. The summed E-state index contributed by atoms with van der Waals surface area (Å²) in [6.07, 6.45) is 0. The van der Waals surface area contributed by atoms with Crippen molar-refractivity contribution in [1.82, 2.24) is 4.57 Å². The molecule has 0 amide bonds. The van der Waals surface area contributed by atoms with Crippen LogP contribution in [-0.2, 0) is 0 Å². The lowest BCUT2D eigenvalue weighted by Crippen LogP contribution is -1.93. The Morgan fingerprint density at radius 3 is 1.62 bits per heavy atom. The number of rotatable bonds is 4. The summed E-state index contributed by atoms with van der Waals surface area (Å²) >= 11 is 0. The van der Waals surface area contributed by atoms with Crippen molar-refractivity contribution in [2.45, 2.75) is 0 Å². The second-order valence-electron chi connectivity index (χ2n) is 15.2. The Morgan fingerprint density at radius 2 is 0.845 bits per heavy atom. The Bertz CT molecular complexity index is 3790. The molecule has 0 atom stereocenters. The Morgan fingerprint density at radius 1 is 0.293 bits per heavy atom. The number of hydrogen-bond acceptors (Lipinski definition) is 3. The van der Waals surface area contributed by atoms with Crippen LogP contribution in [0.3, 0.4) is 0 Å². The molecule has 0 aliphatic carbocycles. The van der Waals surface area contributed by atoms with E-state index >= 15 is 0 Å². The molecule has 0 saturated carbocycles. The average Bonchev–Trinajstić information content (AvgIpc) is 4.05. The van der Waals surface area contributed by atoms with Crippen LogP contribution in [0.25, 0.3) is 127 Å².